The Bertz CT molecular complexity index is 1170. The minimum atomic E-state index is -0.890. The summed E-state index contributed by atoms with van der Waals surface area (Å²) in [5.74, 6) is -2.17. The monoisotopic (exact) mass is 512 g/mol. The predicted octanol–water partition coefficient (Wildman–Crippen LogP) is 5.69. The van der Waals surface area contributed by atoms with E-state index in [0.29, 0.717) is 30.7 Å². The fourth-order valence-electron chi connectivity index (χ4n) is 2.92. The SMILES string of the molecule is Cl.O=C(c1ccc(F)cc1F)N(CCCn1ccnc1)c1nc2ccc(Br)cc2s1. The number of hydrogen-bond donors (Lipinski definition) is 0. The second-order valence-corrected chi connectivity index (χ2v) is 8.27. The molecule has 4 aromatic rings. The third-order valence-electron chi connectivity index (χ3n) is 4.33. The molecular formula is C20H16BrClF2N4OS. The Kier molecular flexibility index (Phi) is 7.17. The molecule has 5 nitrogen and oxygen atoms in total. The van der Waals surface area contributed by atoms with E-state index in [1.807, 2.05) is 29.0 Å². The summed E-state index contributed by atoms with van der Waals surface area (Å²) in [6.45, 7) is 0.973. The number of imidazole rings is 1. The summed E-state index contributed by atoms with van der Waals surface area (Å²) < 4.78 is 31.2. The van der Waals surface area contributed by atoms with Gasteiger partial charge in [-0.15, -0.1) is 12.4 Å². The highest BCUT2D eigenvalue weighted by Gasteiger charge is 2.24. The molecule has 0 fully saturated rings. The molecule has 0 saturated heterocycles. The van der Waals surface area contributed by atoms with E-state index in [1.165, 1.54) is 22.3 Å². The fraction of sp³-hybridized carbons (Fsp3) is 0.150. The van der Waals surface area contributed by atoms with Crippen molar-refractivity contribution < 1.29 is 13.6 Å². The van der Waals surface area contributed by atoms with Gasteiger partial charge in [-0.2, -0.15) is 0 Å². The molecule has 2 heterocycles. The van der Waals surface area contributed by atoms with Crippen LogP contribution in [0.1, 0.15) is 16.8 Å². The van der Waals surface area contributed by atoms with Crippen LogP contribution >= 0.6 is 39.7 Å². The summed E-state index contributed by atoms with van der Waals surface area (Å²) in [6, 6.07) is 8.60. The Labute approximate surface area is 189 Å². The average molecular weight is 514 g/mol. The first kappa shape index (κ1) is 22.3. The number of thiazole rings is 1. The maximum atomic E-state index is 14.3. The van der Waals surface area contributed by atoms with E-state index in [1.54, 1.807) is 12.5 Å². The minimum absolute atomic E-state index is 0. The van der Waals surface area contributed by atoms with Crippen LogP contribution < -0.4 is 4.90 Å². The quantitative estimate of drug-likeness (QED) is 0.333. The molecular weight excluding hydrogens is 498 g/mol. The molecule has 0 saturated carbocycles. The van der Waals surface area contributed by atoms with Gasteiger partial charge in [0.2, 0.25) is 0 Å². The highest BCUT2D eigenvalue weighted by atomic mass is 79.9. The van der Waals surface area contributed by atoms with Gasteiger partial charge in [0.1, 0.15) is 11.6 Å². The molecule has 0 aliphatic heterocycles. The second-order valence-electron chi connectivity index (χ2n) is 6.34. The van der Waals surface area contributed by atoms with E-state index in [9.17, 15) is 13.6 Å². The highest BCUT2D eigenvalue weighted by molar-refractivity contribution is 9.10. The lowest BCUT2D eigenvalue weighted by Gasteiger charge is -2.20. The van der Waals surface area contributed by atoms with Crippen molar-refractivity contribution in [2.24, 2.45) is 0 Å². The van der Waals surface area contributed by atoms with Crippen LogP contribution in [0.15, 0.2) is 59.6 Å². The molecule has 10 heteroatoms. The molecule has 0 aliphatic rings. The lowest BCUT2D eigenvalue weighted by atomic mass is 10.2. The molecule has 0 atom stereocenters. The molecule has 2 aromatic carbocycles. The van der Waals surface area contributed by atoms with Crippen molar-refractivity contribution in [1.29, 1.82) is 0 Å². The summed E-state index contributed by atoms with van der Waals surface area (Å²) in [7, 11) is 0. The van der Waals surface area contributed by atoms with Crippen LogP contribution in [-0.4, -0.2) is 27.0 Å². The number of nitrogens with zero attached hydrogens (tertiary/aromatic N) is 4. The third kappa shape index (κ3) is 4.85. The van der Waals surface area contributed by atoms with Crippen LogP contribution in [0, 0.1) is 11.6 Å². The van der Waals surface area contributed by atoms with E-state index >= 15 is 0 Å². The molecule has 0 unspecified atom stereocenters. The molecule has 1 amide bonds. The van der Waals surface area contributed by atoms with Crippen molar-refractivity contribution in [3.63, 3.8) is 0 Å². The maximum Gasteiger partial charge on any atom is 0.263 e. The van der Waals surface area contributed by atoms with Gasteiger partial charge in [0.25, 0.3) is 5.91 Å². The fourth-order valence-corrected chi connectivity index (χ4v) is 4.47. The van der Waals surface area contributed by atoms with E-state index in [2.05, 4.69) is 25.9 Å². The number of hydrogen-bond acceptors (Lipinski definition) is 4. The van der Waals surface area contributed by atoms with Crippen molar-refractivity contribution in [1.82, 2.24) is 14.5 Å². The highest BCUT2D eigenvalue weighted by Crippen LogP contribution is 2.32. The number of halogens is 4. The zero-order valence-electron chi connectivity index (χ0n) is 15.5. The lowest BCUT2D eigenvalue weighted by molar-refractivity contribution is 0.0982. The summed E-state index contributed by atoms with van der Waals surface area (Å²) in [5, 5.41) is 0.470. The van der Waals surface area contributed by atoms with E-state index < -0.39 is 17.5 Å². The van der Waals surface area contributed by atoms with Crippen molar-refractivity contribution in [2.75, 3.05) is 11.4 Å². The number of rotatable bonds is 6. The standard InChI is InChI=1S/C20H15BrF2N4OS.ClH/c21-13-2-5-17-18(10-13)29-20(25-17)27(8-1-7-26-9-6-24-12-26)19(28)15-4-3-14(22)11-16(15)23;/h2-6,9-12H,1,7-8H2;1H. The number of carbonyl (C=O) groups excluding carboxylic acids is 1. The maximum absolute atomic E-state index is 14.3. The Morgan fingerprint density at radius 1 is 1.20 bits per heavy atom. The normalized spacial score (nSPS) is 10.8. The second kappa shape index (κ2) is 9.63. The summed E-state index contributed by atoms with van der Waals surface area (Å²) >= 11 is 4.78. The van der Waals surface area contributed by atoms with Gasteiger partial charge in [0.15, 0.2) is 5.13 Å². The van der Waals surface area contributed by atoms with Crippen LogP contribution in [0.5, 0.6) is 0 Å². The van der Waals surface area contributed by atoms with Gasteiger partial charge in [-0.3, -0.25) is 9.69 Å². The molecule has 0 spiro atoms. The Hall–Kier alpha value is -2.36. The van der Waals surface area contributed by atoms with Gasteiger partial charge in [-0.25, -0.2) is 18.7 Å². The van der Waals surface area contributed by atoms with Gasteiger partial charge in [-0.05, 0) is 36.8 Å². The minimum Gasteiger partial charge on any atom is -0.337 e. The van der Waals surface area contributed by atoms with Gasteiger partial charge < -0.3 is 4.57 Å². The number of aromatic nitrogens is 3. The van der Waals surface area contributed by atoms with Crippen molar-refractivity contribution in [3.05, 3.63) is 76.8 Å². The first-order valence-electron chi connectivity index (χ1n) is 8.80. The van der Waals surface area contributed by atoms with Crippen LogP contribution in [-0.2, 0) is 6.54 Å². The predicted molar refractivity (Wildman–Crippen MR) is 119 cm³/mol. The molecule has 0 bridgehead atoms. The summed E-state index contributed by atoms with van der Waals surface area (Å²) in [5.41, 5.74) is 0.564. The van der Waals surface area contributed by atoms with Crippen molar-refractivity contribution in [2.45, 2.75) is 13.0 Å². The van der Waals surface area contributed by atoms with Gasteiger partial charge in [0, 0.05) is 36.0 Å². The van der Waals surface area contributed by atoms with E-state index in [-0.39, 0.29) is 18.0 Å². The lowest BCUT2D eigenvalue weighted by Crippen LogP contribution is -2.33. The third-order valence-corrected chi connectivity index (χ3v) is 5.87. The number of carbonyl (C=O) groups is 1. The Morgan fingerprint density at radius 3 is 2.77 bits per heavy atom. The Morgan fingerprint density at radius 2 is 2.03 bits per heavy atom. The first-order valence-corrected chi connectivity index (χ1v) is 10.4. The Balaban J connectivity index is 0.00000256. The van der Waals surface area contributed by atoms with E-state index in [0.717, 1.165) is 20.8 Å². The zero-order chi connectivity index (χ0) is 20.4. The largest absolute Gasteiger partial charge is 0.337 e. The molecule has 30 heavy (non-hydrogen) atoms. The number of anilines is 1. The summed E-state index contributed by atoms with van der Waals surface area (Å²) in [4.78, 5) is 23.1. The molecule has 4 rings (SSSR count). The number of benzene rings is 2. The first-order chi connectivity index (χ1) is 14.0. The molecule has 156 valence electrons. The average Bonchev–Trinajstić information content (AvgIpc) is 3.34. The van der Waals surface area contributed by atoms with Crippen LogP contribution in [0.2, 0.25) is 0 Å². The number of amides is 1. The van der Waals surface area contributed by atoms with Crippen LogP contribution in [0.3, 0.4) is 0 Å². The molecule has 0 aliphatic carbocycles. The zero-order valence-corrected chi connectivity index (χ0v) is 18.7. The number of aryl methyl sites for hydroxylation is 1. The summed E-state index contributed by atoms with van der Waals surface area (Å²) in [6.07, 6.45) is 5.83. The van der Waals surface area contributed by atoms with Gasteiger partial charge in [-0.1, -0.05) is 27.3 Å². The van der Waals surface area contributed by atoms with E-state index in [4.69, 9.17) is 0 Å². The topological polar surface area (TPSA) is 51.0 Å². The number of fused-ring (bicyclic) bond motifs is 1. The smallest absolute Gasteiger partial charge is 0.263 e. The van der Waals surface area contributed by atoms with Gasteiger partial charge >= 0.3 is 0 Å². The molecule has 0 radical (unpaired) electrons. The van der Waals surface area contributed by atoms with Crippen molar-refractivity contribution >= 4 is 60.9 Å². The van der Waals surface area contributed by atoms with Gasteiger partial charge in [0.05, 0.1) is 22.1 Å². The molecule has 0 N–H and O–H groups in total. The van der Waals surface area contributed by atoms with Crippen LogP contribution in [0.4, 0.5) is 13.9 Å². The van der Waals surface area contributed by atoms with Crippen LogP contribution in [0.25, 0.3) is 10.2 Å². The molecule has 2 aromatic heterocycles. The van der Waals surface area contributed by atoms with Crippen molar-refractivity contribution in [3.8, 4) is 0 Å².